The van der Waals surface area contributed by atoms with E-state index in [0.29, 0.717) is 13.1 Å². The molecule has 166 valence electrons. The van der Waals surface area contributed by atoms with E-state index in [4.69, 9.17) is 10.5 Å². The fraction of sp³-hybridized carbons (Fsp3) is 0.400. The standard InChI is InChI=1S/C20H22F3N3O2.2ClH/c21-20(22,23)16-6-1-2-7-17(16)28-18-9-8-13(11-25-18)12-26-19(27)15-5-3-4-14(15)10-24;;/h1-2,6-9,11,14-15H,3-5,10,12,24H2,(H,26,27);2*1H/t14-,15-;;/m1../s1. The van der Waals surface area contributed by atoms with Gasteiger partial charge >= 0.3 is 6.18 Å². The second-order valence-electron chi connectivity index (χ2n) is 6.85. The number of para-hydroxylation sites is 1. The van der Waals surface area contributed by atoms with Gasteiger partial charge in [0.25, 0.3) is 0 Å². The Bertz CT molecular complexity index is 820. The van der Waals surface area contributed by atoms with Gasteiger partial charge in [0.15, 0.2) is 0 Å². The first-order valence-corrected chi connectivity index (χ1v) is 9.15. The van der Waals surface area contributed by atoms with Gasteiger partial charge in [-0.05, 0) is 43.0 Å². The van der Waals surface area contributed by atoms with Crippen molar-refractivity contribution in [2.24, 2.45) is 17.6 Å². The van der Waals surface area contributed by atoms with Crippen molar-refractivity contribution in [3.05, 3.63) is 53.7 Å². The molecule has 2 aromatic rings. The number of ether oxygens (including phenoxy) is 1. The molecule has 1 aliphatic carbocycles. The fourth-order valence-corrected chi connectivity index (χ4v) is 3.46. The van der Waals surface area contributed by atoms with Gasteiger partial charge in [0.05, 0.1) is 5.56 Å². The number of benzene rings is 1. The van der Waals surface area contributed by atoms with Crippen molar-refractivity contribution in [2.45, 2.75) is 32.0 Å². The van der Waals surface area contributed by atoms with E-state index in [1.165, 1.54) is 30.5 Å². The van der Waals surface area contributed by atoms with Crippen molar-refractivity contribution >= 4 is 30.7 Å². The second-order valence-corrected chi connectivity index (χ2v) is 6.85. The van der Waals surface area contributed by atoms with Crippen molar-refractivity contribution in [1.82, 2.24) is 10.3 Å². The van der Waals surface area contributed by atoms with Crippen molar-refractivity contribution < 1.29 is 22.7 Å². The lowest BCUT2D eigenvalue weighted by Crippen LogP contribution is -2.34. The Morgan fingerprint density at radius 3 is 2.53 bits per heavy atom. The van der Waals surface area contributed by atoms with E-state index in [1.54, 1.807) is 6.07 Å². The number of carbonyl (C=O) groups is 1. The van der Waals surface area contributed by atoms with Crippen molar-refractivity contribution in [1.29, 1.82) is 0 Å². The number of hydrogen-bond acceptors (Lipinski definition) is 4. The van der Waals surface area contributed by atoms with E-state index in [1.807, 2.05) is 0 Å². The van der Waals surface area contributed by atoms with E-state index in [9.17, 15) is 18.0 Å². The molecule has 0 bridgehead atoms. The Morgan fingerprint density at radius 1 is 1.17 bits per heavy atom. The second kappa shape index (κ2) is 11.4. The number of amides is 1. The molecule has 1 amide bonds. The number of alkyl halides is 3. The molecule has 1 aromatic heterocycles. The maximum atomic E-state index is 13.0. The zero-order valence-electron chi connectivity index (χ0n) is 16.0. The highest BCUT2D eigenvalue weighted by Crippen LogP contribution is 2.37. The molecular formula is C20H24Cl2F3N3O2. The maximum Gasteiger partial charge on any atom is 0.419 e. The molecule has 1 fully saturated rings. The normalized spacial score (nSPS) is 18.1. The quantitative estimate of drug-likeness (QED) is 0.646. The largest absolute Gasteiger partial charge is 0.438 e. The van der Waals surface area contributed by atoms with Crippen LogP contribution in [-0.2, 0) is 17.5 Å². The molecule has 0 saturated heterocycles. The van der Waals surface area contributed by atoms with Gasteiger partial charge in [0.2, 0.25) is 11.8 Å². The number of hydrogen-bond donors (Lipinski definition) is 2. The molecule has 1 aliphatic rings. The number of rotatable bonds is 6. The van der Waals surface area contributed by atoms with Crippen LogP contribution in [0.2, 0.25) is 0 Å². The van der Waals surface area contributed by atoms with Crippen molar-refractivity contribution in [3.8, 4) is 11.6 Å². The lowest BCUT2D eigenvalue weighted by molar-refractivity contribution is -0.138. The van der Waals surface area contributed by atoms with E-state index in [0.717, 1.165) is 30.9 Å². The van der Waals surface area contributed by atoms with Gasteiger partial charge in [-0.25, -0.2) is 4.98 Å². The third-order valence-corrected chi connectivity index (χ3v) is 4.97. The number of carbonyl (C=O) groups excluding carboxylic acids is 1. The molecule has 1 aromatic carbocycles. The van der Waals surface area contributed by atoms with Crippen LogP contribution in [0.25, 0.3) is 0 Å². The first-order chi connectivity index (χ1) is 13.4. The highest BCUT2D eigenvalue weighted by molar-refractivity contribution is 5.85. The summed E-state index contributed by atoms with van der Waals surface area (Å²) in [7, 11) is 0. The number of nitrogens with one attached hydrogen (secondary N) is 1. The van der Waals surface area contributed by atoms with E-state index in [-0.39, 0.29) is 54.2 Å². The number of aromatic nitrogens is 1. The summed E-state index contributed by atoms with van der Waals surface area (Å²) < 4.78 is 44.4. The highest BCUT2D eigenvalue weighted by atomic mass is 35.5. The first kappa shape index (κ1) is 26.0. The molecule has 1 saturated carbocycles. The average molecular weight is 466 g/mol. The Kier molecular flexibility index (Phi) is 9.87. The van der Waals surface area contributed by atoms with Gasteiger partial charge < -0.3 is 15.8 Å². The molecule has 0 spiro atoms. The van der Waals surface area contributed by atoms with Crippen LogP contribution in [-0.4, -0.2) is 17.4 Å². The number of pyridine rings is 1. The Hall–Kier alpha value is -2.03. The summed E-state index contributed by atoms with van der Waals surface area (Å²) in [6.07, 6.45) is -0.213. The summed E-state index contributed by atoms with van der Waals surface area (Å²) in [5, 5.41) is 2.88. The van der Waals surface area contributed by atoms with Crippen molar-refractivity contribution in [2.75, 3.05) is 6.54 Å². The van der Waals surface area contributed by atoms with Gasteiger partial charge in [0, 0.05) is 24.7 Å². The molecule has 10 heteroatoms. The van der Waals surface area contributed by atoms with E-state index < -0.39 is 11.7 Å². The Labute approximate surface area is 185 Å². The zero-order chi connectivity index (χ0) is 20.1. The Balaban J connectivity index is 0.00000225. The van der Waals surface area contributed by atoms with Crippen LogP contribution < -0.4 is 15.8 Å². The monoisotopic (exact) mass is 465 g/mol. The Morgan fingerprint density at radius 2 is 1.90 bits per heavy atom. The van der Waals surface area contributed by atoms with Crippen LogP contribution >= 0.6 is 24.8 Å². The number of nitrogens with zero attached hydrogens (tertiary/aromatic N) is 1. The lowest BCUT2D eigenvalue weighted by Gasteiger charge is -2.17. The van der Waals surface area contributed by atoms with Crippen LogP contribution in [0.1, 0.15) is 30.4 Å². The molecule has 3 N–H and O–H groups in total. The van der Waals surface area contributed by atoms with E-state index in [2.05, 4.69) is 10.3 Å². The van der Waals surface area contributed by atoms with Gasteiger partial charge in [0.1, 0.15) is 5.75 Å². The summed E-state index contributed by atoms with van der Waals surface area (Å²) >= 11 is 0. The lowest BCUT2D eigenvalue weighted by atomic mass is 9.95. The first-order valence-electron chi connectivity index (χ1n) is 9.15. The fourth-order valence-electron chi connectivity index (χ4n) is 3.46. The zero-order valence-corrected chi connectivity index (χ0v) is 17.7. The van der Waals surface area contributed by atoms with Crippen molar-refractivity contribution in [3.63, 3.8) is 0 Å². The third kappa shape index (κ3) is 6.48. The molecule has 3 rings (SSSR count). The van der Waals surface area contributed by atoms with E-state index >= 15 is 0 Å². The summed E-state index contributed by atoms with van der Waals surface area (Å²) in [4.78, 5) is 16.4. The minimum Gasteiger partial charge on any atom is -0.438 e. The van der Waals surface area contributed by atoms with Gasteiger partial charge in [-0.15, -0.1) is 24.8 Å². The molecule has 0 unspecified atom stereocenters. The topological polar surface area (TPSA) is 77.2 Å². The maximum absolute atomic E-state index is 13.0. The predicted molar refractivity (Wildman–Crippen MR) is 112 cm³/mol. The molecule has 30 heavy (non-hydrogen) atoms. The smallest absolute Gasteiger partial charge is 0.419 e. The van der Waals surface area contributed by atoms with Crippen LogP contribution in [0.3, 0.4) is 0 Å². The van der Waals surface area contributed by atoms with Crippen LogP contribution in [0.5, 0.6) is 11.6 Å². The molecule has 0 radical (unpaired) electrons. The molecular weight excluding hydrogens is 442 g/mol. The minimum absolute atomic E-state index is 0. The highest BCUT2D eigenvalue weighted by Gasteiger charge is 2.34. The summed E-state index contributed by atoms with van der Waals surface area (Å²) in [6.45, 7) is 0.796. The SMILES string of the molecule is Cl.Cl.NC[C@H]1CCC[C@H]1C(=O)NCc1ccc(Oc2ccccc2C(F)(F)F)nc1. The molecule has 2 atom stereocenters. The number of halogens is 5. The molecule has 0 aliphatic heterocycles. The van der Waals surface area contributed by atoms with Gasteiger partial charge in [-0.1, -0.05) is 24.6 Å². The van der Waals surface area contributed by atoms with Gasteiger partial charge in [-0.3, -0.25) is 4.79 Å². The molecule has 1 heterocycles. The van der Waals surface area contributed by atoms with Crippen LogP contribution in [0.15, 0.2) is 42.6 Å². The minimum atomic E-state index is -4.51. The predicted octanol–water partition coefficient (Wildman–Crippen LogP) is 4.73. The summed E-state index contributed by atoms with van der Waals surface area (Å²) in [6, 6.07) is 8.10. The number of nitrogens with two attached hydrogens (primary N) is 1. The van der Waals surface area contributed by atoms with Crippen LogP contribution in [0.4, 0.5) is 13.2 Å². The third-order valence-electron chi connectivity index (χ3n) is 4.97. The molecule has 5 nitrogen and oxygen atoms in total. The average Bonchev–Trinajstić information content (AvgIpc) is 3.16. The van der Waals surface area contributed by atoms with Gasteiger partial charge in [-0.2, -0.15) is 13.2 Å². The summed E-state index contributed by atoms with van der Waals surface area (Å²) in [5.74, 6) is -0.113. The van der Waals surface area contributed by atoms with Crippen LogP contribution in [0, 0.1) is 11.8 Å². The summed E-state index contributed by atoms with van der Waals surface area (Å²) in [5.41, 5.74) is 5.58.